The SMILES string of the molecule is CC(C)(C)c1ccc(CN2C(=O)CS/C2=C\C(=O)c2ccc(C(C)(C)C)cc2)cc1. The minimum Gasteiger partial charge on any atom is -0.301 e. The second kappa shape index (κ2) is 8.43. The monoisotopic (exact) mass is 421 g/mol. The quantitative estimate of drug-likeness (QED) is 0.443. The Morgan fingerprint density at radius 2 is 1.40 bits per heavy atom. The van der Waals surface area contributed by atoms with Gasteiger partial charge in [-0.05, 0) is 27.5 Å². The number of thioether (sulfide) groups is 1. The molecule has 2 aromatic carbocycles. The van der Waals surface area contributed by atoms with Gasteiger partial charge in [0.15, 0.2) is 5.78 Å². The van der Waals surface area contributed by atoms with Crippen molar-refractivity contribution in [2.45, 2.75) is 58.9 Å². The summed E-state index contributed by atoms with van der Waals surface area (Å²) < 4.78 is 0. The maximum absolute atomic E-state index is 12.8. The summed E-state index contributed by atoms with van der Waals surface area (Å²) in [7, 11) is 0. The van der Waals surface area contributed by atoms with E-state index in [1.807, 2.05) is 24.3 Å². The lowest BCUT2D eigenvalue weighted by Crippen LogP contribution is -2.24. The standard InChI is InChI=1S/C26H31NO2S/c1-25(2,3)20-11-7-18(8-12-20)16-27-23(29)17-30-24(27)15-22(28)19-9-13-21(14-10-19)26(4,5)6/h7-15H,16-17H2,1-6H3/b24-15-. The van der Waals surface area contributed by atoms with E-state index in [0.29, 0.717) is 17.9 Å². The molecule has 30 heavy (non-hydrogen) atoms. The van der Waals surface area contributed by atoms with E-state index in [4.69, 9.17) is 0 Å². The summed E-state index contributed by atoms with van der Waals surface area (Å²) in [6, 6.07) is 16.1. The van der Waals surface area contributed by atoms with Crippen LogP contribution in [0.1, 0.15) is 68.6 Å². The van der Waals surface area contributed by atoms with Gasteiger partial charge in [0.2, 0.25) is 5.91 Å². The molecule has 1 fully saturated rings. The summed E-state index contributed by atoms with van der Waals surface area (Å²) in [6.45, 7) is 13.5. The van der Waals surface area contributed by atoms with Crippen LogP contribution in [0.3, 0.4) is 0 Å². The van der Waals surface area contributed by atoms with E-state index < -0.39 is 0 Å². The fourth-order valence-electron chi connectivity index (χ4n) is 3.32. The second-order valence-electron chi connectivity index (χ2n) is 9.89. The molecule has 1 aliphatic rings. The van der Waals surface area contributed by atoms with Gasteiger partial charge >= 0.3 is 0 Å². The Morgan fingerprint density at radius 1 is 0.900 bits per heavy atom. The number of ketones is 1. The topological polar surface area (TPSA) is 37.4 Å². The van der Waals surface area contributed by atoms with Crippen LogP contribution in [-0.4, -0.2) is 22.3 Å². The van der Waals surface area contributed by atoms with Crippen molar-refractivity contribution in [2.75, 3.05) is 5.75 Å². The zero-order chi connectivity index (χ0) is 22.1. The molecule has 0 aromatic heterocycles. The fourth-order valence-corrected chi connectivity index (χ4v) is 4.26. The highest BCUT2D eigenvalue weighted by Gasteiger charge is 2.27. The van der Waals surface area contributed by atoms with Gasteiger partial charge in [-0.25, -0.2) is 0 Å². The van der Waals surface area contributed by atoms with Crippen LogP contribution in [0.4, 0.5) is 0 Å². The van der Waals surface area contributed by atoms with Gasteiger partial charge < -0.3 is 4.90 Å². The number of nitrogens with zero attached hydrogens (tertiary/aromatic N) is 1. The van der Waals surface area contributed by atoms with Crippen molar-refractivity contribution in [3.05, 3.63) is 81.9 Å². The summed E-state index contributed by atoms with van der Waals surface area (Å²) in [5, 5.41) is 0.727. The summed E-state index contributed by atoms with van der Waals surface area (Å²) in [6.07, 6.45) is 1.60. The molecule has 0 atom stereocenters. The largest absolute Gasteiger partial charge is 0.301 e. The zero-order valence-corrected chi connectivity index (χ0v) is 19.6. The molecule has 0 radical (unpaired) electrons. The van der Waals surface area contributed by atoms with Gasteiger partial charge in [-0.3, -0.25) is 9.59 Å². The van der Waals surface area contributed by atoms with Crippen LogP contribution in [0.2, 0.25) is 0 Å². The number of hydrogen-bond donors (Lipinski definition) is 0. The molecule has 1 heterocycles. The van der Waals surface area contributed by atoms with Gasteiger partial charge in [0, 0.05) is 11.6 Å². The first-order chi connectivity index (χ1) is 13.9. The molecule has 1 saturated heterocycles. The molecule has 4 heteroatoms. The van der Waals surface area contributed by atoms with Crippen LogP contribution in [-0.2, 0) is 22.2 Å². The van der Waals surface area contributed by atoms with Gasteiger partial charge in [-0.1, -0.05) is 102 Å². The first-order valence-corrected chi connectivity index (χ1v) is 11.3. The predicted octanol–water partition coefficient (Wildman–Crippen LogP) is 6.08. The van der Waals surface area contributed by atoms with Gasteiger partial charge in [-0.15, -0.1) is 0 Å². The van der Waals surface area contributed by atoms with Crippen molar-refractivity contribution in [2.24, 2.45) is 0 Å². The Balaban J connectivity index is 1.77. The lowest BCUT2D eigenvalue weighted by atomic mass is 9.86. The van der Waals surface area contributed by atoms with Crippen LogP contribution >= 0.6 is 11.8 Å². The maximum atomic E-state index is 12.8. The molecule has 0 bridgehead atoms. The lowest BCUT2D eigenvalue weighted by Gasteiger charge is -2.21. The van der Waals surface area contributed by atoms with Crippen LogP contribution in [0.15, 0.2) is 59.6 Å². The van der Waals surface area contributed by atoms with Crippen LogP contribution in [0, 0.1) is 0 Å². The first-order valence-electron chi connectivity index (χ1n) is 10.3. The number of carbonyl (C=O) groups is 2. The third kappa shape index (κ3) is 5.23. The third-order valence-electron chi connectivity index (χ3n) is 5.36. The van der Waals surface area contributed by atoms with E-state index in [9.17, 15) is 9.59 Å². The minimum absolute atomic E-state index is 0.0435. The Hall–Kier alpha value is -2.33. The molecule has 0 aliphatic carbocycles. The molecule has 0 saturated carbocycles. The number of amides is 1. The minimum atomic E-state index is -0.0688. The smallest absolute Gasteiger partial charge is 0.238 e. The number of benzene rings is 2. The van der Waals surface area contributed by atoms with Crippen molar-refractivity contribution >= 4 is 23.5 Å². The van der Waals surface area contributed by atoms with Gasteiger partial charge in [0.05, 0.1) is 17.3 Å². The highest BCUT2D eigenvalue weighted by Crippen LogP contribution is 2.31. The Bertz CT molecular complexity index is 958. The molecule has 3 nitrogen and oxygen atoms in total. The number of allylic oxidation sites excluding steroid dienone is 1. The highest BCUT2D eigenvalue weighted by molar-refractivity contribution is 8.04. The van der Waals surface area contributed by atoms with E-state index in [0.717, 1.165) is 10.6 Å². The Labute approximate surface area is 184 Å². The van der Waals surface area contributed by atoms with Crippen molar-refractivity contribution in [1.29, 1.82) is 0 Å². The average molecular weight is 422 g/mol. The fraction of sp³-hybridized carbons (Fsp3) is 0.385. The number of hydrogen-bond acceptors (Lipinski definition) is 3. The number of carbonyl (C=O) groups excluding carboxylic acids is 2. The first kappa shape index (κ1) is 22.4. The van der Waals surface area contributed by atoms with Crippen molar-refractivity contribution in [1.82, 2.24) is 4.90 Å². The molecular formula is C26H31NO2S. The Morgan fingerprint density at radius 3 is 1.90 bits per heavy atom. The van der Waals surface area contributed by atoms with Gasteiger partial charge in [0.25, 0.3) is 0 Å². The summed E-state index contributed by atoms with van der Waals surface area (Å²) in [5.74, 6) is 0.352. The van der Waals surface area contributed by atoms with Crippen LogP contribution in [0.25, 0.3) is 0 Å². The van der Waals surface area contributed by atoms with E-state index in [-0.39, 0.29) is 22.5 Å². The highest BCUT2D eigenvalue weighted by atomic mass is 32.2. The van der Waals surface area contributed by atoms with Crippen LogP contribution < -0.4 is 0 Å². The molecule has 2 aromatic rings. The molecule has 0 N–H and O–H groups in total. The third-order valence-corrected chi connectivity index (χ3v) is 6.39. The normalized spacial score (nSPS) is 16.4. The predicted molar refractivity (Wildman–Crippen MR) is 126 cm³/mol. The van der Waals surface area contributed by atoms with E-state index in [1.54, 1.807) is 11.0 Å². The molecule has 1 amide bonds. The van der Waals surface area contributed by atoms with Gasteiger partial charge in [0.1, 0.15) is 0 Å². The van der Waals surface area contributed by atoms with E-state index in [2.05, 4.69) is 65.8 Å². The second-order valence-corrected chi connectivity index (χ2v) is 10.9. The Kier molecular flexibility index (Phi) is 6.28. The molecule has 0 unspecified atom stereocenters. The summed E-state index contributed by atoms with van der Waals surface area (Å²) in [5.41, 5.74) is 4.30. The molecule has 3 rings (SSSR count). The zero-order valence-electron chi connectivity index (χ0n) is 18.8. The lowest BCUT2D eigenvalue weighted by molar-refractivity contribution is -0.125. The van der Waals surface area contributed by atoms with Crippen molar-refractivity contribution in [3.63, 3.8) is 0 Å². The van der Waals surface area contributed by atoms with E-state index >= 15 is 0 Å². The average Bonchev–Trinajstić information content (AvgIpc) is 3.00. The number of rotatable bonds is 4. The van der Waals surface area contributed by atoms with E-state index in [1.165, 1.54) is 22.9 Å². The van der Waals surface area contributed by atoms with Crippen LogP contribution in [0.5, 0.6) is 0 Å². The summed E-state index contributed by atoms with van der Waals surface area (Å²) >= 11 is 1.43. The van der Waals surface area contributed by atoms with Crippen molar-refractivity contribution in [3.8, 4) is 0 Å². The summed E-state index contributed by atoms with van der Waals surface area (Å²) in [4.78, 5) is 27.0. The van der Waals surface area contributed by atoms with Gasteiger partial charge in [-0.2, -0.15) is 0 Å². The maximum Gasteiger partial charge on any atom is 0.238 e. The molecular weight excluding hydrogens is 390 g/mol. The molecule has 0 spiro atoms. The molecule has 158 valence electrons. The molecule has 1 aliphatic heterocycles. The van der Waals surface area contributed by atoms with Crippen molar-refractivity contribution < 1.29 is 9.59 Å².